The molecule has 3 heterocycles. The van der Waals surface area contributed by atoms with Crippen molar-refractivity contribution in [2.75, 3.05) is 12.3 Å². The third-order valence-corrected chi connectivity index (χ3v) is 6.75. The van der Waals surface area contributed by atoms with Gasteiger partial charge in [0, 0.05) is 23.9 Å². The Labute approximate surface area is 204 Å². The fourth-order valence-corrected chi connectivity index (χ4v) is 4.99. The van der Waals surface area contributed by atoms with Crippen molar-refractivity contribution in [1.82, 2.24) is 35.5 Å². The lowest BCUT2D eigenvalue weighted by Crippen LogP contribution is -2.29. The highest BCUT2D eigenvalue weighted by Gasteiger charge is 2.31. The summed E-state index contributed by atoms with van der Waals surface area (Å²) in [5.74, 6) is 1.57. The number of carbonyl (C=O) groups is 1. The van der Waals surface area contributed by atoms with Gasteiger partial charge in [0.25, 0.3) is 5.91 Å². The summed E-state index contributed by atoms with van der Waals surface area (Å²) in [6.07, 6.45) is 4.19. The van der Waals surface area contributed by atoms with Gasteiger partial charge < -0.3 is 5.73 Å². The second kappa shape index (κ2) is 9.65. The summed E-state index contributed by atoms with van der Waals surface area (Å²) < 4.78 is 0.567. The first-order valence-electron chi connectivity index (χ1n) is 10.7. The maximum Gasteiger partial charge on any atom is 0.266 e. The summed E-state index contributed by atoms with van der Waals surface area (Å²) in [5.41, 5.74) is 8.62. The van der Waals surface area contributed by atoms with Crippen molar-refractivity contribution in [3.63, 3.8) is 0 Å². The van der Waals surface area contributed by atoms with Crippen LogP contribution in [0.4, 0.5) is 5.82 Å². The lowest BCUT2D eigenvalue weighted by Gasteiger charge is -2.13. The van der Waals surface area contributed by atoms with Crippen molar-refractivity contribution in [3.05, 3.63) is 64.8 Å². The molecule has 1 saturated heterocycles. The third kappa shape index (κ3) is 4.66. The topological polar surface area (TPSA) is 127 Å². The lowest BCUT2D eigenvalue weighted by atomic mass is 10.1. The summed E-state index contributed by atoms with van der Waals surface area (Å²) in [7, 11) is 0. The van der Waals surface area contributed by atoms with E-state index in [-0.39, 0.29) is 5.91 Å². The van der Waals surface area contributed by atoms with Gasteiger partial charge in [0.2, 0.25) is 0 Å². The Balaban J connectivity index is 1.30. The second-order valence-corrected chi connectivity index (χ2v) is 9.37. The monoisotopic (exact) mass is 488 g/mol. The Morgan fingerprint density at radius 3 is 2.85 bits per heavy atom. The van der Waals surface area contributed by atoms with Crippen molar-refractivity contribution in [3.8, 4) is 11.4 Å². The van der Waals surface area contributed by atoms with Crippen LogP contribution in [0.2, 0.25) is 0 Å². The molecule has 2 aromatic heterocycles. The molecule has 0 saturated carbocycles. The minimum atomic E-state index is -0.0776. The molecule has 0 aliphatic carbocycles. The van der Waals surface area contributed by atoms with Crippen LogP contribution >= 0.6 is 24.0 Å². The number of hydrogen-bond acceptors (Lipinski definition) is 9. The van der Waals surface area contributed by atoms with E-state index >= 15 is 0 Å². The van der Waals surface area contributed by atoms with E-state index in [1.807, 2.05) is 54.6 Å². The molecule has 2 aromatic carbocycles. The van der Waals surface area contributed by atoms with Crippen LogP contribution in [-0.4, -0.2) is 52.3 Å². The van der Waals surface area contributed by atoms with Gasteiger partial charge in [-0.25, -0.2) is 9.97 Å². The average molecular weight is 489 g/mol. The SMILES string of the molecule is Nc1nc(-c2cccc(/C=C3\SC(=S)N(CCCCc4nn[nH]n4)C3=O)c2)nc2ccccc12. The fraction of sp³-hybridized carbons (Fsp3) is 0.174. The number of nitrogens with one attached hydrogen (secondary N) is 1. The number of anilines is 1. The van der Waals surface area contributed by atoms with E-state index < -0.39 is 0 Å². The Kier molecular flexibility index (Phi) is 6.28. The summed E-state index contributed by atoms with van der Waals surface area (Å²) in [6.45, 7) is 0.560. The number of hydrogen-bond donors (Lipinski definition) is 2. The van der Waals surface area contributed by atoms with Crippen LogP contribution in [0.1, 0.15) is 24.2 Å². The molecule has 3 N–H and O–H groups in total. The molecule has 1 amide bonds. The van der Waals surface area contributed by atoms with E-state index in [2.05, 4.69) is 30.6 Å². The van der Waals surface area contributed by atoms with Gasteiger partial charge in [-0.1, -0.05) is 59.5 Å². The molecule has 34 heavy (non-hydrogen) atoms. The van der Waals surface area contributed by atoms with Crippen molar-refractivity contribution in [2.45, 2.75) is 19.3 Å². The van der Waals surface area contributed by atoms with Crippen LogP contribution in [0.3, 0.4) is 0 Å². The van der Waals surface area contributed by atoms with Gasteiger partial charge in [-0.3, -0.25) is 9.69 Å². The number of thiocarbonyl (C=S) groups is 1. The fourth-order valence-electron chi connectivity index (χ4n) is 3.68. The first-order chi connectivity index (χ1) is 16.6. The first-order valence-corrected chi connectivity index (χ1v) is 11.9. The average Bonchev–Trinajstić information content (AvgIpc) is 3.45. The van der Waals surface area contributed by atoms with Crippen molar-refractivity contribution >= 4 is 57.0 Å². The van der Waals surface area contributed by atoms with E-state index in [0.29, 0.717) is 39.7 Å². The van der Waals surface area contributed by atoms with E-state index in [1.54, 1.807) is 4.90 Å². The number of aryl methyl sites for hydroxylation is 1. The largest absolute Gasteiger partial charge is 0.383 e. The molecular formula is C23H20N8OS2. The van der Waals surface area contributed by atoms with E-state index in [4.69, 9.17) is 18.0 Å². The molecule has 1 aliphatic heterocycles. The number of nitrogens with zero attached hydrogens (tertiary/aromatic N) is 6. The molecule has 1 fully saturated rings. The molecule has 170 valence electrons. The zero-order chi connectivity index (χ0) is 23.5. The van der Waals surface area contributed by atoms with Gasteiger partial charge in [0.15, 0.2) is 11.6 Å². The minimum absolute atomic E-state index is 0.0776. The number of thioether (sulfide) groups is 1. The predicted octanol–water partition coefficient (Wildman–Crippen LogP) is 3.62. The molecule has 4 aromatic rings. The molecule has 0 atom stereocenters. The van der Waals surface area contributed by atoms with Crippen molar-refractivity contribution in [2.24, 2.45) is 0 Å². The molecule has 5 rings (SSSR count). The quantitative estimate of drug-likeness (QED) is 0.228. The summed E-state index contributed by atoms with van der Waals surface area (Å²) >= 11 is 6.77. The first kappa shape index (κ1) is 22.1. The summed E-state index contributed by atoms with van der Waals surface area (Å²) in [5, 5.41) is 14.7. The molecule has 0 spiro atoms. The molecule has 0 radical (unpaired) electrons. The number of aromatic nitrogens is 6. The maximum atomic E-state index is 13.0. The van der Waals surface area contributed by atoms with Crippen LogP contribution in [0.5, 0.6) is 0 Å². The number of benzene rings is 2. The van der Waals surface area contributed by atoms with Gasteiger partial charge >= 0.3 is 0 Å². The normalized spacial score (nSPS) is 15.1. The molecule has 11 heteroatoms. The minimum Gasteiger partial charge on any atom is -0.383 e. The second-order valence-electron chi connectivity index (χ2n) is 7.69. The summed E-state index contributed by atoms with van der Waals surface area (Å²) in [4.78, 5) is 24.3. The zero-order valence-corrected chi connectivity index (χ0v) is 19.6. The van der Waals surface area contributed by atoms with Crippen LogP contribution in [-0.2, 0) is 11.2 Å². The zero-order valence-electron chi connectivity index (χ0n) is 18.0. The van der Waals surface area contributed by atoms with Gasteiger partial charge in [-0.2, -0.15) is 5.21 Å². The van der Waals surface area contributed by atoms with Crippen molar-refractivity contribution in [1.29, 1.82) is 0 Å². The molecule has 9 nitrogen and oxygen atoms in total. The van der Waals surface area contributed by atoms with E-state index in [9.17, 15) is 4.79 Å². The van der Waals surface area contributed by atoms with Crippen LogP contribution in [0.25, 0.3) is 28.4 Å². The number of tetrazole rings is 1. The van der Waals surface area contributed by atoms with Gasteiger partial charge in [-0.05, 0) is 42.7 Å². The highest BCUT2D eigenvalue weighted by Crippen LogP contribution is 2.33. The lowest BCUT2D eigenvalue weighted by molar-refractivity contribution is -0.122. The number of nitrogens with two attached hydrogens (primary N) is 1. The molecule has 0 unspecified atom stereocenters. The Bertz CT molecular complexity index is 1400. The number of para-hydroxylation sites is 1. The van der Waals surface area contributed by atoms with Crippen LogP contribution < -0.4 is 5.73 Å². The third-order valence-electron chi connectivity index (χ3n) is 5.37. The number of aromatic amines is 1. The highest BCUT2D eigenvalue weighted by molar-refractivity contribution is 8.26. The molecule has 0 bridgehead atoms. The van der Waals surface area contributed by atoms with Gasteiger partial charge in [0.05, 0.1) is 10.4 Å². The van der Waals surface area contributed by atoms with E-state index in [0.717, 1.165) is 34.9 Å². The van der Waals surface area contributed by atoms with Gasteiger partial charge in [0.1, 0.15) is 10.1 Å². The maximum absolute atomic E-state index is 13.0. The number of fused-ring (bicyclic) bond motifs is 1. The number of nitrogen functional groups attached to an aromatic ring is 1. The molecule has 1 aliphatic rings. The Hall–Kier alpha value is -3.70. The number of H-pyrrole nitrogens is 1. The standard InChI is InChI=1S/C23H20N8OS2/c24-20-16-8-1-2-9-17(16)25-21(26-20)15-7-5-6-14(12-15)13-18-22(32)31(23(33)34-18)11-4-3-10-19-27-29-30-28-19/h1-2,5-9,12-13H,3-4,10-11H2,(H2,24,25,26)(H,27,28,29,30)/b18-13-. The number of unbranched alkanes of at least 4 members (excludes halogenated alkanes) is 1. The summed E-state index contributed by atoms with van der Waals surface area (Å²) in [6, 6.07) is 15.4. The Morgan fingerprint density at radius 2 is 2.00 bits per heavy atom. The smallest absolute Gasteiger partial charge is 0.266 e. The van der Waals surface area contributed by atoms with Crippen molar-refractivity contribution < 1.29 is 4.79 Å². The number of rotatable bonds is 7. The predicted molar refractivity (Wildman–Crippen MR) is 136 cm³/mol. The number of amides is 1. The van der Waals surface area contributed by atoms with Crippen LogP contribution in [0, 0.1) is 0 Å². The van der Waals surface area contributed by atoms with E-state index in [1.165, 1.54) is 11.8 Å². The molecular weight excluding hydrogens is 468 g/mol. The Morgan fingerprint density at radius 1 is 1.12 bits per heavy atom. The van der Waals surface area contributed by atoms with Crippen LogP contribution in [0.15, 0.2) is 53.4 Å². The number of carbonyl (C=O) groups excluding carboxylic acids is 1. The highest BCUT2D eigenvalue weighted by atomic mass is 32.2. The van der Waals surface area contributed by atoms with Gasteiger partial charge in [-0.15, -0.1) is 10.2 Å².